The molecule has 0 radical (unpaired) electrons. The highest BCUT2D eigenvalue weighted by Crippen LogP contribution is 2.24. The number of benzene rings is 2. The first kappa shape index (κ1) is 26.9. The predicted molar refractivity (Wildman–Crippen MR) is 110 cm³/mol. The fraction of sp³-hybridized carbons (Fsp3) is 0.409. The molecule has 0 fully saturated rings. The maximum Gasteiger partial charge on any atom is 0.200 e. The van der Waals surface area contributed by atoms with Gasteiger partial charge in [-0.2, -0.15) is 0 Å². The van der Waals surface area contributed by atoms with Crippen LogP contribution in [0.5, 0.6) is 11.5 Å². The van der Waals surface area contributed by atoms with Crippen molar-refractivity contribution >= 4 is 5.78 Å². The number of phenols is 2. The molecule has 0 amide bonds. The Morgan fingerprint density at radius 3 is 1.33 bits per heavy atom. The molecule has 0 aliphatic heterocycles. The monoisotopic (exact) mass is 378 g/mol. The van der Waals surface area contributed by atoms with Gasteiger partial charge in [-0.15, -0.1) is 0 Å². The zero-order valence-corrected chi connectivity index (χ0v) is 17.1. The van der Waals surface area contributed by atoms with Crippen LogP contribution < -0.4 is 0 Å². The summed E-state index contributed by atoms with van der Waals surface area (Å²) in [5, 5.41) is 26.6. The fourth-order valence-electron chi connectivity index (χ4n) is 1.57. The third-order valence-electron chi connectivity index (χ3n) is 2.59. The van der Waals surface area contributed by atoms with E-state index in [1.54, 1.807) is 24.3 Å². The molecule has 0 atom stereocenters. The number of hydrogen-bond donors (Lipinski definition) is 3. The molecule has 0 saturated carbocycles. The first-order valence-corrected chi connectivity index (χ1v) is 9.31. The van der Waals surface area contributed by atoms with E-state index < -0.39 is 5.78 Å². The van der Waals surface area contributed by atoms with Gasteiger partial charge in [-0.3, -0.25) is 10.1 Å². The van der Waals surface area contributed by atoms with Crippen molar-refractivity contribution in [2.24, 2.45) is 0 Å². The minimum Gasteiger partial charge on any atom is -0.507 e. The van der Waals surface area contributed by atoms with Crippen molar-refractivity contribution in [2.75, 3.05) is 6.61 Å². The van der Waals surface area contributed by atoms with Crippen molar-refractivity contribution in [3.8, 4) is 11.5 Å². The van der Waals surface area contributed by atoms with Crippen LogP contribution in [0.25, 0.3) is 0 Å². The molecule has 5 heteroatoms. The summed E-state index contributed by atoms with van der Waals surface area (Å²) in [5.41, 5.74) is 0.369. The number of para-hydroxylation sites is 2. The smallest absolute Gasteiger partial charge is 0.200 e. The predicted octanol–water partition coefficient (Wildman–Crippen LogP) is 6.05. The van der Waals surface area contributed by atoms with Crippen LogP contribution in [0.15, 0.2) is 48.5 Å². The second-order valence-corrected chi connectivity index (χ2v) is 5.61. The first-order chi connectivity index (χ1) is 12.9. The summed E-state index contributed by atoms with van der Waals surface area (Å²) in [6, 6.07) is 12.5. The molecule has 2 rings (SSSR count). The molecule has 0 unspecified atom stereocenters. The zero-order chi connectivity index (χ0) is 21.1. The maximum atomic E-state index is 12.0. The summed E-state index contributed by atoms with van der Waals surface area (Å²) >= 11 is 0. The van der Waals surface area contributed by atoms with Gasteiger partial charge < -0.3 is 10.2 Å². The van der Waals surface area contributed by atoms with Gasteiger partial charge in [0.25, 0.3) is 0 Å². The van der Waals surface area contributed by atoms with Gasteiger partial charge in [0.2, 0.25) is 0 Å². The molecule has 0 saturated heterocycles. The van der Waals surface area contributed by atoms with Crippen molar-refractivity contribution in [1.29, 1.82) is 0 Å². The van der Waals surface area contributed by atoms with Gasteiger partial charge in [-0.1, -0.05) is 71.7 Å². The minimum absolute atomic E-state index is 0.0873. The Balaban J connectivity index is 0. The van der Waals surface area contributed by atoms with Gasteiger partial charge in [-0.25, -0.2) is 4.89 Å². The Bertz CT molecular complexity index is 560. The normalized spacial score (nSPS) is 8.81. The summed E-state index contributed by atoms with van der Waals surface area (Å²) in [6.07, 6.45) is 3.37. The van der Waals surface area contributed by atoms with Crippen molar-refractivity contribution in [3.63, 3.8) is 0 Å². The van der Waals surface area contributed by atoms with Gasteiger partial charge in [0, 0.05) is 0 Å². The van der Waals surface area contributed by atoms with E-state index in [1.165, 1.54) is 37.1 Å². The molecule has 0 bridgehead atoms. The van der Waals surface area contributed by atoms with Crippen molar-refractivity contribution in [1.82, 2.24) is 0 Å². The average molecular weight is 379 g/mol. The topological polar surface area (TPSA) is 87.0 Å². The van der Waals surface area contributed by atoms with Gasteiger partial charge in [-0.05, 0) is 30.7 Å². The van der Waals surface area contributed by atoms with Crippen LogP contribution >= 0.6 is 0 Å². The van der Waals surface area contributed by atoms with Gasteiger partial charge in [0.05, 0.1) is 17.7 Å². The van der Waals surface area contributed by atoms with E-state index in [9.17, 15) is 15.0 Å². The third kappa shape index (κ3) is 12.6. The molecule has 3 N–H and O–H groups in total. The van der Waals surface area contributed by atoms with E-state index in [0.29, 0.717) is 6.61 Å². The van der Waals surface area contributed by atoms with Crippen LogP contribution in [-0.4, -0.2) is 27.9 Å². The molecule has 27 heavy (non-hydrogen) atoms. The lowest BCUT2D eigenvalue weighted by Gasteiger charge is -2.04. The minimum atomic E-state index is -0.392. The largest absolute Gasteiger partial charge is 0.507 e. The molecule has 0 spiro atoms. The van der Waals surface area contributed by atoms with E-state index >= 15 is 0 Å². The van der Waals surface area contributed by atoms with E-state index in [1.807, 2.05) is 6.92 Å². The number of phenolic OH excluding ortho intramolecular Hbond substituents is 2. The van der Waals surface area contributed by atoms with Crippen molar-refractivity contribution in [3.05, 3.63) is 59.7 Å². The van der Waals surface area contributed by atoms with Crippen LogP contribution in [0, 0.1) is 0 Å². The van der Waals surface area contributed by atoms with E-state index in [2.05, 4.69) is 32.6 Å². The Labute approximate surface area is 163 Å². The zero-order valence-electron chi connectivity index (χ0n) is 17.1. The lowest BCUT2D eigenvalue weighted by molar-refractivity contribution is -0.241. The van der Waals surface area contributed by atoms with Crippen LogP contribution in [-0.2, 0) is 4.89 Å². The second-order valence-electron chi connectivity index (χ2n) is 5.61. The average Bonchev–Trinajstić information content (AvgIpc) is 2.64. The number of aromatic hydroxyl groups is 2. The number of ketones is 1. The van der Waals surface area contributed by atoms with Crippen molar-refractivity contribution < 1.29 is 25.2 Å². The SMILES string of the molecule is CCC.CCC.CCCOO.O=C(c1ccccc1O)c1ccccc1O. The lowest BCUT2D eigenvalue weighted by atomic mass is 10.0. The summed E-state index contributed by atoms with van der Waals surface area (Å²) < 4.78 is 0. The molecule has 2 aromatic carbocycles. The second kappa shape index (κ2) is 18.4. The molecule has 5 nitrogen and oxygen atoms in total. The molecular formula is C22H34O5. The quantitative estimate of drug-likeness (QED) is 0.342. The molecule has 152 valence electrons. The van der Waals surface area contributed by atoms with Gasteiger partial charge >= 0.3 is 0 Å². The molecule has 0 heterocycles. The van der Waals surface area contributed by atoms with E-state index in [0.717, 1.165) is 6.42 Å². The number of hydrogen-bond acceptors (Lipinski definition) is 5. The Hall–Kier alpha value is -2.37. The summed E-state index contributed by atoms with van der Waals surface area (Å²) in [6.45, 7) is 10.9. The first-order valence-electron chi connectivity index (χ1n) is 9.31. The Morgan fingerprint density at radius 2 is 1.11 bits per heavy atom. The number of carbonyl (C=O) groups excluding carboxylic acids is 1. The molecule has 0 aliphatic rings. The number of carbonyl (C=O) groups is 1. The lowest BCUT2D eigenvalue weighted by Crippen LogP contribution is -2.01. The van der Waals surface area contributed by atoms with Crippen LogP contribution in [0.4, 0.5) is 0 Å². The highest BCUT2D eigenvalue weighted by Gasteiger charge is 2.15. The molecule has 0 aromatic heterocycles. The number of rotatable bonds is 4. The maximum absolute atomic E-state index is 12.0. The summed E-state index contributed by atoms with van der Waals surface area (Å²) in [5.74, 6) is -0.567. The van der Waals surface area contributed by atoms with Gasteiger partial charge in [0.1, 0.15) is 11.5 Å². The van der Waals surface area contributed by atoms with Crippen LogP contribution in [0.3, 0.4) is 0 Å². The highest BCUT2D eigenvalue weighted by molar-refractivity contribution is 6.12. The molecular weight excluding hydrogens is 344 g/mol. The fourth-order valence-corrected chi connectivity index (χ4v) is 1.57. The van der Waals surface area contributed by atoms with Gasteiger partial charge in [0.15, 0.2) is 5.78 Å². The Morgan fingerprint density at radius 1 is 0.778 bits per heavy atom. The van der Waals surface area contributed by atoms with E-state index in [-0.39, 0.29) is 22.6 Å². The van der Waals surface area contributed by atoms with E-state index in [4.69, 9.17) is 5.26 Å². The molecule has 2 aromatic rings. The summed E-state index contributed by atoms with van der Waals surface area (Å²) in [7, 11) is 0. The van der Waals surface area contributed by atoms with Crippen LogP contribution in [0.1, 0.15) is 69.8 Å². The van der Waals surface area contributed by atoms with Crippen molar-refractivity contribution in [2.45, 2.75) is 53.9 Å². The highest BCUT2D eigenvalue weighted by atomic mass is 17.1. The molecule has 0 aliphatic carbocycles. The standard InChI is InChI=1S/C13H10O3.C3H8O2.2C3H8/c14-11-7-3-1-5-9(11)13(16)10-6-2-4-8-12(10)15;1-2-3-5-4;2*1-3-2/h1-8,14-15H;4H,2-3H2,1H3;2*3H2,1-2H3. The van der Waals surface area contributed by atoms with Crippen LogP contribution in [0.2, 0.25) is 0 Å². The Kier molecular flexibility index (Phi) is 18.3. The third-order valence-corrected chi connectivity index (χ3v) is 2.59. The summed E-state index contributed by atoms with van der Waals surface area (Å²) in [4.78, 5) is 15.7.